The molecular formula is C19H28N2O3. The quantitative estimate of drug-likeness (QED) is 0.836. The van der Waals surface area contributed by atoms with Crippen molar-refractivity contribution in [2.24, 2.45) is 0 Å². The van der Waals surface area contributed by atoms with Gasteiger partial charge in [0.25, 0.3) is 5.91 Å². The lowest BCUT2D eigenvalue weighted by atomic mass is 9.94. The number of carbonyl (C=O) groups is 1. The number of anilines is 1. The van der Waals surface area contributed by atoms with Crippen LogP contribution in [-0.2, 0) is 9.57 Å². The third-order valence-electron chi connectivity index (χ3n) is 5.08. The van der Waals surface area contributed by atoms with Crippen molar-refractivity contribution in [1.29, 1.82) is 0 Å². The van der Waals surface area contributed by atoms with Gasteiger partial charge in [0.2, 0.25) is 0 Å². The van der Waals surface area contributed by atoms with Gasteiger partial charge < -0.3 is 9.64 Å². The molecule has 0 bridgehead atoms. The van der Waals surface area contributed by atoms with Gasteiger partial charge in [0.15, 0.2) is 6.29 Å². The number of benzene rings is 1. The molecule has 1 aromatic carbocycles. The third-order valence-corrected chi connectivity index (χ3v) is 5.08. The molecule has 2 aliphatic rings. The van der Waals surface area contributed by atoms with Crippen LogP contribution in [0.1, 0.15) is 61.7 Å². The molecule has 2 fully saturated rings. The van der Waals surface area contributed by atoms with Gasteiger partial charge in [-0.3, -0.25) is 4.79 Å². The molecule has 1 aliphatic carbocycles. The van der Waals surface area contributed by atoms with Crippen LogP contribution in [0.25, 0.3) is 0 Å². The summed E-state index contributed by atoms with van der Waals surface area (Å²) in [5.74, 6) is -0.226. The van der Waals surface area contributed by atoms with Gasteiger partial charge >= 0.3 is 0 Å². The van der Waals surface area contributed by atoms with Crippen LogP contribution in [-0.4, -0.2) is 31.9 Å². The predicted octanol–water partition coefficient (Wildman–Crippen LogP) is 3.64. The van der Waals surface area contributed by atoms with Crippen molar-refractivity contribution in [3.05, 3.63) is 29.8 Å². The molecule has 1 amide bonds. The fraction of sp³-hybridized carbons (Fsp3) is 0.632. The van der Waals surface area contributed by atoms with Crippen molar-refractivity contribution < 1.29 is 14.4 Å². The van der Waals surface area contributed by atoms with E-state index in [1.54, 1.807) is 0 Å². The van der Waals surface area contributed by atoms with E-state index in [4.69, 9.17) is 9.57 Å². The molecule has 1 unspecified atom stereocenters. The zero-order valence-electron chi connectivity index (χ0n) is 14.5. The highest BCUT2D eigenvalue weighted by molar-refractivity contribution is 5.93. The third kappa shape index (κ3) is 4.48. The lowest BCUT2D eigenvalue weighted by Crippen LogP contribution is -2.34. The first-order chi connectivity index (χ1) is 11.7. The van der Waals surface area contributed by atoms with Crippen LogP contribution >= 0.6 is 0 Å². The molecule has 5 heteroatoms. The van der Waals surface area contributed by atoms with Crippen LogP contribution in [0, 0.1) is 0 Å². The van der Waals surface area contributed by atoms with Gasteiger partial charge in [0.1, 0.15) is 0 Å². The minimum atomic E-state index is -0.320. The molecule has 1 aliphatic heterocycles. The number of amides is 1. The van der Waals surface area contributed by atoms with Crippen molar-refractivity contribution in [2.75, 3.05) is 18.6 Å². The van der Waals surface area contributed by atoms with E-state index in [1.165, 1.54) is 32.1 Å². The smallest absolute Gasteiger partial charge is 0.274 e. The summed E-state index contributed by atoms with van der Waals surface area (Å²) in [6, 6.07) is 8.36. The first-order valence-corrected chi connectivity index (χ1v) is 9.14. The first-order valence-electron chi connectivity index (χ1n) is 9.14. The van der Waals surface area contributed by atoms with E-state index < -0.39 is 0 Å². The minimum Gasteiger partial charge on any atom is -0.372 e. The van der Waals surface area contributed by atoms with E-state index >= 15 is 0 Å². The molecule has 0 aromatic heterocycles. The zero-order valence-corrected chi connectivity index (χ0v) is 14.5. The van der Waals surface area contributed by atoms with Crippen LogP contribution in [0.5, 0.6) is 0 Å². The van der Waals surface area contributed by atoms with Crippen LogP contribution in [0.2, 0.25) is 0 Å². The normalized spacial score (nSPS) is 22.1. The molecular weight excluding hydrogens is 304 g/mol. The summed E-state index contributed by atoms with van der Waals surface area (Å²) in [6.45, 7) is 0.697. The SMILES string of the molecule is CN(c1ccc(C(=O)NOC2CCCCO2)cc1)C1CCCCC1. The van der Waals surface area contributed by atoms with Gasteiger partial charge in [-0.15, -0.1) is 0 Å². The fourth-order valence-corrected chi connectivity index (χ4v) is 3.51. The van der Waals surface area contributed by atoms with Crippen LogP contribution in [0.3, 0.4) is 0 Å². The second kappa shape index (κ2) is 8.49. The highest BCUT2D eigenvalue weighted by atomic mass is 16.8. The van der Waals surface area contributed by atoms with Gasteiger partial charge in [-0.1, -0.05) is 19.3 Å². The summed E-state index contributed by atoms with van der Waals surface area (Å²) in [5.41, 5.74) is 4.27. The van der Waals surface area contributed by atoms with Crippen LogP contribution < -0.4 is 10.4 Å². The number of rotatable bonds is 5. The molecule has 1 atom stereocenters. The Morgan fingerprint density at radius 3 is 2.46 bits per heavy atom. The first kappa shape index (κ1) is 17.2. The van der Waals surface area contributed by atoms with E-state index in [9.17, 15) is 4.79 Å². The van der Waals surface area contributed by atoms with Crippen molar-refractivity contribution in [3.8, 4) is 0 Å². The fourth-order valence-electron chi connectivity index (χ4n) is 3.51. The van der Waals surface area contributed by atoms with Gasteiger partial charge in [-0.25, -0.2) is 10.3 Å². The lowest BCUT2D eigenvalue weighted by molar-refractivity contribution is -0.186. The van der Waals surface area contributed by atoms with Gasteiger partial charge in [0, 0.05) is 37.4 Å². The van der Waals surface area contributed by atoms with Gasteiger partial charge in [-0.05, 0) is 49.9 Å². The van der Waals surface area contributed by atoms with E-state index in [2.05, 4.69) is 17.4 Å². The van der Waals surface area contributed by atoms with Crippen molar-refractivity contribution >= 4 is 11.6 Å². The Morgan fingerprint density at radius 1 is 1.08 bits per heavy atom. The van der Waals surface area contributed by atoms with Gasteiger partial charge in [-0.2, -0.15) is 0 Å². The Labute approximate surface area is 144 Å². The Balaban J connectivity index is 1.52. The standard InChI is InChI=1S/C19H28N2O3/c1-21(16-7-3-2-4-8-16)17-12-10-15(11-13-17)19(22)20-24-18-9-5-6-14-23-18/h10-13,16,18H,2-9,14H2,1H3,(H,20,22). The van der Waals surface area contributed by atoms with E-state index in [-0.39, 0.29) is 12.2 Å². The maximum absolute atomic E-state index is 12.2. The molecule has 3 rings (SSSR count). The number of nitrogens with one attached hydrogen (secondary N) is 1. The van der Waals surface area contributed by atoms with E-state index in [0.717, 1.165) is 24.9 Å². The summed E-state index contributed by atoms with van der Waals surface area (Å²) in [6.07, 6.45) is 9.14. The Bertz CT molecular complexity index is 520. The maximum atomic E-state index is 12.2. The molecule has 1 heterocycles. The molecule has 1 aromatic rings. The second-order valence-electron chi connectivity index (χ2n) is 6.79. The van der Waals surface area contributed by atoms with E-state index in [1.807, 2.05) is 24.3 Å². The topological polar surface area (TPSA) is 50.8 Å². The molecule has 132 valence electrons. The average Bonchev–Trinajstić information content (AvgIpc) is 2.67. The second-order valence-corrected chi connectivity index (χ2v) is 6.79. The minimum absolute atomic E-state index is 0.226. The monoisotopic (exact) mass is 332 g/mol. The van der Waals surface area contributed by atoms with Crippen molar-refractivity contribution in [1.82, 2.24) is 5.48 Å². The number of carbonyl (C=O) groups excluding carboxylic acids is 1. The summed E-state index contributed by atoms with van der Waals surface area (Å²) in [7, 11) is 2.15. The summed E-state index contributed by atoms with van der Waals surface area (Å²) < 4.78 is 5.44. The molecule has 0 radical (unpaired) electrons. The highest BCUT2D eigenvalue weighted by Gasteiger charge is 2.19. The van der Waals surface area contributed by atoms with Crippen molar-refractivity contribution in [2.45, 2.75) is 63.7 Å². The number of hydrogen-bond donors (Lipinski definition) is 1. The lowest BCUT2D eigenvalue weighted by Gasteiger charge is -2.33. The molecule has 1 N–H and O–H groups in total. The van der Waals surface area contributed by atoms with Crippen LogP contribution in [0.15, 0.2) is 24.3 Å². The summed E-state index contributed by atoms with van der Waals surface area (Å²) in [5, 5.41) is 0. The Morgan fingerprint density at radius 2 is 1.79 bits per heavy atom. The van der Waals surface area contributed by atoms with E-state index in [0.29, 0.717) is 18.2 Å². The number of hydrogen-bond acceptors (Lipinski definition) is 4. The summed E-state index contributed by atoms with van der Waals surface area (Å²) in [4.78, 5) is 19.8. The highest BCUT2D eigenvalue weighted by Crippen LogP contribution is 2.26. The maximum Gasteiger partial charge on any atom is 0.274 e. The molecule has 5 nitrogen and oxygen atoms in total. The van der Waals surface area contributed by atoms with Crippen molar-refractivity contribution in [3.63, 3.8) is 0 Å². The van der Waals surface area contributed by atoms with Crippen LogP contribution in [0.4, 0.5) is 5.69 Å². The predicted molar refractivity (Wildman–Crippen MR) is 93.9 cm³/mol. The number of nitrogens with zero attached hydrogens (tertiary/aromatic N) is 1. The molecule has 24 heavy (non-hydrogen) atoms. The molecule has 1 saturated carbocycles. The molecule has 1 saturated heterocycles. The van der Waals surface area contributed by atoms with Gasteiger partial charge in [0.05, 0.1) is 0 Å². The summed E-state index contributed by atoms with van der Waals surface area (Å²) >= 11 is 0. The molecule has 0 spiro atoms. The largest absolute Gasteiger partial charge is 0.372 e. The zero-order chi connectivity index (χ0) is 16.8. The average molecular weight is 332 g/mol. The Hall–Kier alpha value is -1.59. The number of hydroxylamine groups is 1. The Kier molecular flexibility index (Phi) is 6.10. The number of ether oxygens (including phenoxy) is 1.